The van der Waals surface area contributed by atoms with Crippen molar-refractivity contribution in [2.24, 2.45) is 0 Å². The summed E-state index contributed by atoms with van der Waals surface area (Å²) >= 11 is 0. The molecule has 96 valence electrons. The van der Waals surface area contributed by atoms with Crippen molar-refractivity contribution in [2.45, 2.75) is 25.4 Å². The Labute approximate surface area is 103 Å². The molecular formula is C8H17NO5S2. The minimum absolute atomic E-state index is 0.0385. The molecule has 16 heavy (non-hydrogen) atoms. The maximum atomic E-state index is 10.1. The highest BCUT2D eigenvalue weighted by Crippen LogP contribution is 2.28. The average Bonchev–Trinajstić information content (AvgIpc) is 2.24. The summed E-state index contributed by atoms with van der Waals surface area (Å²) in [7, 11) is 2.94. The summed E-state index contributed by atoms with van der Waals surface area (Å²) < 4.78 is 10.7. The van der Waals surface area contributed by atoms with E-state index in [9.17, 15) is 10.1 Å². The van der Waals surface area contributed by atoms with Crippen molar-refractivity contribution in [3.63, 3.8) is 0 Å². The van der Waals surface area contributed by atoms with Crippen molar-refractivity contribution in [3.05, 3.63) is 10.1 Å². The van der Waals surface area contributed by atoms with Crippen LogP contribution in [0.3, 0.4) is 0 Å². The Hall–Kier alpha value is -0.180. The summed E-state index contributed by atoms with van der Waals surface area (Å²) in [5.41, 5.74) is 0. The van der Waals surface area contributed by atoms with Gasteiger partial charge in [0, 0.05) is 13.2 Å². The van der Waals surface area contributed by atoms with Crippen molar-refractivity contribution < 1.29 is 19.4 Å². The van der Waals surface area contributed by atoms with E-state index >= 15 is 0 Å². The van der Waals surface area contributed by atoms with Crippen LogP contribution in [0.4, 0.5) is 0 Å². The predicted octanol–water partition coefficient (Wildman–Crippen LogP) is 1.97. The lowest BCUT2D eigenvalue weighted by Crippen LogP contribution is -2.33. The van der Waals surface area contributed by atoms with Crippen molar-refractivity contribution in [1.82, 2.24) is 0 Å². The summed E-state index contributed by atoms with van der Waals surface area (Å²) in [5, 5.41) is 9.11. The van der Waals surface area contributed by atoms with E-state index in [-0.39, 0.29) is 11.9 Å². The van der Waals surface area contributed by atoms with E-state index in [1.165, 1.54) is 21.6 Å². The molecule has 0 spiro atoms. The highest BCUT2D eigenvalue weighted by molar-refractivity contribution is 8.76. The van der Waals surface area contributed by atoms with Gasteiger partial charge in [0.25, 0.3) is 5.09 Å². The van der Waals surface area contributed by atoms with Gasteiger partial charge in [0.15, 0.2) is 6.29 Å². The second-order valence-corrected chi connectivity index (χ2v) is 5.31. The third-order valence-corrected chi connectivity index (χ3v) is 3.65. The van der Waals surface area contributed by atoms with Crippen molar-refractivity contribution in [3.8, 4) is 0 Å². The molecule has 0 radical (unpaired) electrons. The summed E-state index contributed by atoms with van der Waals surface area (Å²) in [6, 6.07) is 0. The molecule has 1 atom stereocenters. The first-order valence-electron chi connectivity index (χ1n) is 4.85. The highest BCUT2D eigenvalue weighted by atomic mass is 33.1. The van der Waals surface area contributed by atoms with Gasteiger partial charge in [-0.25, -0.2) is 0 Å². The van der Waals surface area contributed by atoms with Crippen LogP contribution in [0.5, 0.6) is 0 Å². The van der Waals surface area contributed by atoms with Gasteiger partial charge in [0.2, 0.25) is 0 Å². The summed E-state index contributed by atoms with van der Waals surface area (Å²) in [5.74, 6) is 0. The van der Waals surface area contributed by atoms with Crippen molar-refractivity contribution in [2.75, 3.05) is 26.1 Å². The number of hydrogen-bond acceptors (Lipinski definition) is 7. The molecule has 0 amide bonds. The van der Waals surface area contributed by atoms with E-state index in [2.05, 4.69) is 4.84 Å². The first-order chi connectivity index (χ1) is 7.65. The molecular weight excluding hydrogens is 254 g/mol. The van der Waals surface area contributed by atoms with Crippen molar-refractivity contribution in [1.29, 1.82) is 0 Å². The molecule has 0 aliphatic rings. The normalized spacial score (nSPS) is 12.8. The minimum atomic E-state index is -0.803. The van der Waals surface area contributed by atoms with Gasteiger partial charge < -0.3 is 14.3 Å². The molecule has 0 aliphatic heterocycles. The van der Waals surface area contributed by atoms with Gasteiger partial charge in [-0.1, -0.05) is 21.6 Å². The SMILES string of the molecule is CCOC(OCC)C(CO[N+](=O)[O-])SSC. The fourth-order valence-electron chi connectivity index (χ4n) is 1.00. The Kier molecular flexibility index (Phi) is 9.89. The fraction of sp³-hybridized carbons (Fsp3) is 1.00. The highest BCUT2D eigenvalue weighted by Gasteiger charge is 2.24. The zero-order chi connectivity index (χ0) is 12.4. The molecule has 0 aliphatic carbocycles. The Balaban J connectivity index is 4.24. The predicted molar refractivity (Wildman–Crippen MR) is 64.9 cm³/mol. The second kappa shape index (κ2) is 10.0. The summed E-state index contributed by atoms with van der Waals surface area (Å²) in [6.07, 6.45) is 1.41. The van der Waals surface area contributed by atoms with E-state index in [4.69, 9.17) is 9.47 Å². The third-order valence-electron chi connectivity index (χ3n) is 1.53. The molecule has 0 aromatic rings. The molecule has 0 N–H and O–H groups in total. The molecule has 0 aromatic heterocycles. The van der Waals surface area contributed by atoms with Gasteiger partial charge in [0.1, 0.15) is 6.61 Å². The van der Waals surface area contributed by atoms with Crippen molar-refractivity contribution >= 4 is 21.6 Å². The number of rotatable bonds is 10. The van der Waals surface area contributed by atoms with Gasteiger partial charge in [0.05, 0.1) is 5.25 Å². The first-order valence-corrected chi connectivity index (χ1v) is 7.47. The van der Waals surface area contributed by atoms with Gasteiger partial charge in [-0.15, -0.1) is 10.1 Å². The largest absolute Gasteiger partial charge is 0.352 e. The van der Waals surface area contributed by atoms with Crippen LogP contribution in [0.2, 0.25) is 0 Å². The van der Waals surface area contributed by atoms with E-state index in [0.717, 1.165) is 0 Å². The smallest absolute Gasteiger partial charge is 0.294 e. The fourth-order valence-corrected chi connectivity index (χ4v) is 2.79. The topological polar surface area (TPSA) is 70.8 Å². The van der Waals surface area contributed by atoms with Gasteiger partial charge >= 0.3 is 0 Å². The first kappa shape index (κ1) is 15.8. The maximum Gasteiger partial charge on any atom is 0.294 e. The minimum Gasteiger partial charge on any atom is -0.352 e. The van der Waals surface area contributed by atoms with E-state index in [0.29, 0.717) is 13.2 Å². The molecule has 0 aromatic carbocycles. The van der Waals surface area contributed by atoms with Crippen LogP contribution in [0.25, 0.3) is 0 Å². The molecule has 0 heterocycles. The molecule has 0 rings (SSSR count). The standard InChI is InChI=1S/C8H17NO5S2/c1-4-12-8(13-5-2)7(16-15-3)6-14-9(10)11/h7-8H,4-6H2,1-3H3. The van der Waals surface area contributed by atoms with Crippen LogP contribution in [-0.4, -0.2) is 42.7 Å². The summed E-state index contributed by atoms with van der Waals surface area (Å²) in [4.78, 5) is 14.5. The van der Waals surface area contributed by atoms with Crippen LogP contribution in [-0.2, 0) is 14.3 Å². The Morgan fingerprint density at radius 3 is 2.25 bits per heavy atom. The number of ether oxygens (including phenoxy) is 2. The van der Waals surface area contributed by atoms with Crippen LogP contribution < -0.4 is 0 Å². The molecule has 0 saturated heterocycles. The lowest BCUT2D eigenvalue weighted by atomic mass is 10.4. The van der Waals surface area contributed by atoms with Crippen LogP contribution in [0.15, 0.2) is 0 Å². The Morgan fingerprint density at radius 1 is 1.31 bits per heavy atom. The van der Waals surface area contributed by atoms with Gasteiger partial charge in [-0.2, -0.15) is 0 Å². The molecule has 1 unspecified atom stereocenters. The summed E-state index contributed by atoms with van der Waals surface area (Å²) in [6.45, 7) is 4.65. The average molecular weight is 271 g/mol. The quantitative estimate of drug-likeness (QED) is 0.260. The molecule has 0 saturated carbocycles. The number of hydrogen-bond donors (Lipinski definition) is 0. The van der Waals surface area contributed by atoms with E-state index in [1.54, 1.807) is 0 Å². The van der Waals surface area contributed by atoms with Crippen LogP contribution >= 0.6 is 21.6 Å². The van der Waals surface area contributed by atoms with E-state index < -0.39 is 11.4 Å². The monoisotopic (exact) mass is 271 g/mol. The lowest BCUT2D eigenvalue weighted by molar-refractivity contribution is -0.757. The zero-order valence-electron chi connectivity index (χ0n) is 9.58. The lowest BCUT2D eigenvalue weighted by Gasteiger charge is -2.24. The third kappa shape index (κ3) is 7.15. The maximum absolute atomic E-state index is 10.1. The Bertz CT molecular complexity index is 189. The van der Waals surface area contributed by atoms with Gasteiger partial charge in [-0.05, 0) is 20.1 Å². The van der Waals surface area contributed by atoms with Crippen LogP contribution in [0, 0.1) is 10.1 Å². The molecule has 0 bridgehead atoms. The van der Waals surface area contributed by atoms with Crippen LogP contribution in [0.1, 0.15) is 13.8 Å². The molecule has 0 fully saturated rings. The number of nitrogens with zero attached hydrogens (tertiary/aromatic N) is 1. The van der Waals surface area contributed by atoms with E-state index in [1.807, 2.05) is 20.1 Å². The second-order valence-electron chi connectivity index (χ2n) is 2.60. The zero-order valence-corrected chi connectivity index (χ0v) is 11.2. The molecule has 8 heteroatoms. The molecule has 6 nitrogen and oxygen atoms in total. The Morgan fingerprint density at radius 2 is 1.88 bits per heavy atom. The van der Waals surface area contributed by atoms with Gasteiger partial charge in [-0.3, -0.25) is 0 Å².